The van der Waals surface area contributed by atoms with Gasteiger partial charge < -0.3 is 20.7 Å². The van der Waals surface area contributed by atoms with Gasteiger partial charge in [-0.25, -0.2) is 9.78 Å². The van der Waals surface area contributed by atoms with Crippen molar-refractivity contribution in [3.8, 4) is 0 Å². The minimum absolute atomic E-state index is 0.620. The normalized spacial score (nSPS) is 18.2. The summed E-state index contributed by atoms with van der Waals surface area (Å²) in [5, 5.41) is 9.87. The van der Waals surface area contributed by atoms with E-state index in [0.717, 1.165) is 73.5 Å². The smallest absolute Gasteiger partial charge is 0.475 e. The summed E-state index contributed by atoms with van der Waals surface area (Å²) >= 11 is 8.40. The van der Waals surface area contributed by atoms with E-state index in [4.69, 9.17) is 27.2 Å². The van der Waals surface area contributed by atoms with E-state index in [1.807, 2.05) is 6.20 Å². The van der Waals surface area contributed by atoms with Crippen LogP contribution in [0.25, 0.3) is 10.9 Å². The molecule has 1 aliphatic heterocycles. The van der Waals surface area contributed by atoms with Gasteiger partial charge in [0.25, 0.3) is 0 Å². The van der Waals surface area contributed by atoms with Gasteiger partial charge in [-0.05, 0) is 44.4 Å². The lowest BCUT2D eigenvalue weighted by Crippen LogP contribution is -2.50. The van der Waals surface area contributed by atoms with Crippen molar-refractivity contribution in [2.75, 3.05) is 56.4 Å². The van der Waals surface area contributed by atoms with Gasteiger partial charge in [0.2, 0.25) is 0 Å². The molecule has 5 rings (SSSR count). The Kier molecular flexibility index (Phi) is 9.63. The lowest BCUT2D eigenvalue weighted by molar-refractivity contribution is -0.192. The number of aromatic nitrogens is 2. The van der Waals surface area contributed by atoms with Crippen LogP contribution >= 0.6 is 22.9 Å². The molecule has 214 valence electrons. The third-order valence-electron chi connectivity index (χ3n) is 7.26. The van der Waals surface area contributed by atoms with Crippen molar-refractivity contribution in [1.82, 2.24) is 19.8 Å². The molecule has 1 atom stereocenters. The van der Waals surface area contributed by atoms with Gasteiger partial charge in [-0.3, -0.25) is 9.80 Å². The van der Waals surface area contributed by atoms with Crippen molar-refractivity contribution >= 4 is 50.6 Å². The third kappa shape index (κ3) is 7.36. The first-order chi connectivity index (χ1) is 18.6. The van der Waals surface area contributed by atoms with Crippen LogP contribution in [0.3, 0.4) is 0 Å². The van der Waals surface area contributed by atoms with E-state index in [2.05, 4.69) is 49.8 Å². The Bertz CT molecular complexity index is 1260. The fourth-order valence-electron chi connectivity index (χ4n) is 5.26. The summed E-state index contributed by atoms with van der Waals surface area (Å²) in [4.78, 5) is 25.8. The van der Waals surface area contributed by atoms with Crippen LogP contribution in [0.2, 0.25) is 5.02 Å². The maximum absolute atomic E-state index is 10.6. The molecule has 0 unspecified atom stereocenters. The van der Waals surface area contributed by atoms with Gasteiger partial charge in [0.05, 0.1) is 21.9 Å². The van der Waals surface area contributed by atoms with Crippen LogP contribution in [0.1, 0.15) is 30.3 Å². The number of fused-ring (bicyclic) bond motifs is 2. The summed E-state index contributed by atoms with van der Waals surface area (Å²) < 4.78 is 31.7. The standard InChI is InChI=1S/C24H33ClN6S.C2HF3O2/c1-2-9-30(18-4-5-19-21(16-18)32-24(26)28-19)13-10-29-11-14-31(15-12-29)20-6-3-17-7-8-27-23(17)22(20)25;3-2(4,5)1(6)7/h3,6-8,18,27H,2,4-5,9-16H2,1H3,(H2,26,28);(H,6,7)/t18-;/m0./s1. The zero-order valence-electron chi connectivity index (χ0n) is 21.8. The summed E-state index contributed by atoms with van der Waals surface area (Å²) in [6, 6.07) is 7.02. The second kappa shape index (κ2) is 12.8. The molecule has 1 saturated heterocycles. The molecule has 0 amide bonds. The van der Waals surface area contributed by atoms with E-state index in [9.17, 15) is 13.2 Å². The second-order valence-corrected chi connectivity index (χ2v) is 11.3. The third-order valence-corrected chi connectivity index (χ3v) is 8.59. The molecule has 13 heteroatoms. The molecular weight excluding hydrogens is 553 g/mol. The molecule has 1 aliphatic carbocycles. The molecule has 39 heavy (non-hydrogen) atoms. The van der Waals surface area contributed by atoms with Crippen LogP contribution in [0, 0.1) is 0 Å². The molecule has 0 radical (unpaired) electrons. The van der Waals surface area contributed by atoms with Crippen molar-refractivity contribution in [3.05, 3.63) is 40.0 Å². The molecule has 4 N–H and O–H groups in total. The Hall–Kier alpha value is -2.54. The van der Waals surface area contributed by atoms with E-state index in [0.29, 0.717) is 6.04 Å². The number of hydrogen-bond donors (Lipinski definition) is 3. The number of carbonyl (C=O) groups is 1. The van der Waals surface area contributed by atoms with Crippen molar-refractivity contribution in [1.29, 1.82) is 0 Å². The van der Waals surface area contributed by atoms with Gasteiger partial charge in [-0.1, -0.05) is 24.6 Å². The van der Waals surface area contributed by atoms with E-state index in [-0.39, 0.29) is 0 Å². The predicted molar refractivity (Wildman–Crippen MR) is 150 cm³/mol. The highest BCUT2D eigenvalue weighted by molar-refractivity contribution is 7.15. The van der Waals surface area contributed by atoms with Crippen LogP contribution in [-0.4, -0.2) is 88.9 Å². The summed E-state index contributed by atoms with van der Waals surface area (Å²) in [5.74, 6) is -2.76. The number of carboxylic acid groups (broad SMARTS) is 1. The molecular formula is C26H34ClF3N6O2S. The molecule has 2 aliphatic rings. The maximum atomic E-state index is 10.6. The summed E-state index contributed by atoms with van der Waals surface area (Å²) in [6.45, 7) is 9.93. The number of hydrogen-bond acceptors (Lipinski definition) is 7. The van der Waals surface area contributed by atoms with Gasteiger partial charge in [0.15, 0.2) is 5.13 Å². The van der Waals surface area contributed by atoms with Gasteiger partial charge in [-0.15, -0.1) is 11.3 Å². The van der Waals surface area contributed by atoms with Gasteiger partial charge in [0, 0.05) is 61.8 Å². The second-order valence-electron chi connectivity index (χ2n) is 9.83. The Morgan fingerprint density at radius 1 is 1.26 bits per heavy atom. The molecule has 0 bridgehead atoms. The highest BCUT2D eigenvalue weighted by atomic mass is 35.5. The molecule has 3 heterocycles. The van der Waals surface area contributed by atoms with Crippen molar-refractivity contribution in [2.24, 2.45) is 0 Å². The van der Waals surface area contributed by atoms with Crippen molar-refractivity contribution in [3.63, 3.8) is 0 Å². The molecule has 3 aromatic rings. The van der Waals surface area contributed by atoms with Crippen molar-refractivity contribution in [2.45, 2.75) is 44.8 Å². The number of aryl methyl sites for hydroxylation is 1. The first-order valence-corrected chi connectivity index (χ1v) is 14.3. The first-order valence-electron chi connectivity index (χ1n) is 13.1. The number of carboxylic acids is 1. The number of thiazole rings is 1. The summed E-state index contributed by atoms with van der Waals surface area (Å²) in [6.07, 6.45) is 1.44. The molecule has 1 fully saturated rings. The summed E-state index contributed by atoms with van der Waals surface area (Å²) in [5.41, 5.74) is 9.39. The Morgan fingerprint density at radius 2 is 1.97 bits per heavy atom. The van der Waals surface area contributed by atoms with Crippen LogP contribution in [0.4, 0.5) is 24.0 Å². The largest absolute Gasteiger partial charge is 0.490 e. The average Bonchev–Trinajstić information content (AvgIpc) is 3.53. The number of anilines is 2. The number of aliphatic carboxylic acids is 1. The number of alkyl halides is 3. The minimum Gasteiger partial charge on any atom is -0.475 e. The van der Waals surface area contributed by atoms with Crippen molar-refractivity contribution < 1.29 is 23.1 Å². The van der Waals surface area contributed by atoms with Crippen LogP contribution < -0.4 is 10.6 Å². The molecule has 0 spiro atoms. The molecule has 1 aromatic carbocycles. The van der Waals surface area contributed by atoms with E-state index < -0.39 is 12.1 Å². The number of nitrogens with zero attached hydrogens (tertiary/aromatic N) is 4. The Morgan fingerprint density at radius 3 is 2.64 bits per heavy atom. The number of halogens is 4. The average molecular weight is 587 g/mol. The summed E-state index contributed by atoms with van der Waals surface area (Å²) in [7, 11) is 0. The molecule has 0 saturated carbocycles. The highest BCUT2D eigenvalue weighted by Gasteiger charge is 2.38. The van der Waals surface area contributed by atoms with E-state index in [1.54, 1.807) is 11.3 Å². The number of nitrogen functional groups attached to an aromatic ring is 1. The SMILES string of the molecule is CCCN(CCN1CCN(c2ccc3cc[nH]c3c2Cl)CC1)[C@H]1CCc2nc(N)sc2C1.O=C(O)C(F)(F)F. The fraction of sp³-hybridized carbons (Fsp3) is 0.538. The number of aromatic amines is 1. The number of nitrogens with two attached hydrogens (primary N) is 1. The first kappa shape index (κ1) is 29.4. The molecule has 8 nitrogen and oxygen atoms in total. The predicted octanol–water partition coefficient (Wildman–Crippen LogP) is 4.88. The number of nitrogens with one attached hydrogen (secondary N) is 1. The topological polar surface area (TPSA) is 102 Å². The zero-order chi connectivity index (χ0) is 28.2. The quantitative estimate of drug-likeness (QED) is 0.362. The van der Waals surface area contributed by atoms with Gasteiger partial charge in [0.1, 0.15) is 0 Å². The van der Waals surface area contributed by atoms with Crippen LogP contribution in [-0.2, 0) is 17.6 Å². The number of H-pyrrole nitrogens is 1. The number of piperazine rings is 1. The lowest BCUT2D eigenvalue weighted by Gasteiger charge is -2.39. The minimum atomic E-state index is -5.08. The van der Waals surface area contributed by atoms with E-state index >= 15 is 0 Å². The van der Waals surface area contributed by atoms with Crippen LogP contribution in [0.5, 0.6) is 0 Å². The molecule has 2 aromatic heterocycles. The lowest BCUT2D eigenvalue weighted by atomic mass is 9.96. The number of rotatable bonds is 7. The highest BCUT2D eigenvalue weighted by Crippen LogP contribution is 2.33. The zero-order valence-corrected chi connectivity index (χ0v) is 23.4. The maximum Gasteiger partial charge on any atom is 0.490 e. The van der Waals surface area contributed by atoms with Gasteiger partial charge in [-0.2, -0.15) is 13.2 Å². The number of benzene rings is 1. The Labute approximate surface area is 234 Å². The Balaban J connectivity index is 0.000000448. The van der Waals surface area contributed by atoms with E-state index in [1.165, 1.54) is 35.3 Å². The van der Waals surface area contributed by atoms with Gasteiger partial charge >= 0.3 is 12.1 Å². The fourth-order valence-corrected chi connectivity index (χ4v) is 6.56. The monoisotopic (exact) mass is 586 g/mol. The van der Waals surface area contributed by atoms with Crippen LogP contribution in [0.15, 0.2) is 24.4 Å².